The average molecular weight is 904 g/mol. The Morgan fingerprint density at radius 3 is 1.56 bits per heavy atom. The van der Waals surface area contributed by atoms with Gasteiger partial charge in [0.25, 0.3) is 0 Å². The Kier molecular flexibility index (Phi) is 14.1. The zero-order chi connectivity index (χ0) is 44.8. The minimum Gasteiger partial charge on any atom is -0.494 e. The molecule has 0 spiro atoms. The lowest BCUT2D eigenvalue weighted by molar-refractivity contribution is -0.119. The first-order valence-electron chi connectivity index (χ1n) is 20.8. The maximum absolute atomic E-state index is 12.0. The topological polar surface area (TPSA) is 228 Å². The molecule has 63 heavy (non-hydrogen) atoms. The van der Waals surface area contributed by atoms with Crippen LogP contribution in [0.1, 0.15) is 87.5 Å². The number of hydrogen-bond acceptors (Lipinski definition) is 14. The first-order valence-corrected chi connectivity index (χ1v) is 21.6. The number of hydrogen-bond donors (Lipinski definition) is 4. The minimum atomic E-state index is -0.101. The summed E-state index contributed by atoms with van der Waals surface area (Å²) in [7, 11) is 3.21. The lowest BCUT2D eigenvalue weighted by Crippen LogP contribution is -2.35. The van der Waals surface area contributed by atoms with Gasteiger partial charge < -0.3 is 29.2 Å². The summed E-state index contributed by atoms with van der Waals surface area (Å²) in [6.07, 6.45) is 3.99. The van der Waals surface area contributed by atoms with Gasteiger partial charge in [0.2, 0.25) is 35.6 Å². The van der Waals surface area contributed by atoms with Crippen molar-refractivity contribution in [1.29, 1.82) is 0 Å². The Hall–Kier alpha value is -6.28. The normalized spacial score (nSPS) is 14.7. The average Bonchev–Trinajstić information content (AvgIpc) is 4.11. The molecule has 0 saturated carbocycles. The van der Waals surface area contributed by atoms with Crippen molar-refractivity contribution in [3.05, 3.63) is 69.2 Å². The highest BCUT2D eigenvalue weighted by molar-refractivity contribution is 6.31. The summed E-state index contributed by atoms with van der Waals surface area (Å²) in [4.78, 5) is 43.6. The van der Waals surface area contributed by atoms with Crippen LogP contribution in [0.2, 0.25) is 10.0 Å². The third kappa shape index (κ3) is 10.2. The Balaban J connectivity index is 0.000000189. The predicted molar refractivity (Wildman–Crippen MR) is 239 cm³/mol. The molecule has 4 N–H and O–H groups in total. The molecule has 22 heteroatoms. The van der Waals surface area contributed by atoms with Crippen LogP contribution in [0.3, 0.4) is 0 Å². The molecular weight excluding hydrogens is 851 g/mol. The van der Waals surface area contributed by atoms with Crippen molar-refractivity contribution in [2.45, 2.75) is 78.6 Å². The summed E-state index contributed by atoms with van der Waals surface area (Å²) < 4.78 is 14.2. The van der Waals surface area contributed by atoms with Gasteiger partial charge in [-0.3, -0.25) is 20.2 Å². The summed E-state index contributed by atoms with van der Waals surface area (Å²) >= 11 is 12.4. The van der Waals surface area contributed by atoms with Crippen LogP contribution in [0.25, 0.3) is 11.4 Å². The van der Waals surface area contributed by atoms with E-state index in [2.05, 4.69) is 71.4 Å². The van der Waals surface area contributed by atoms with Gasteiger partial charge in [-0.15, -0.1) is 0 Å². The van der Waals surface area contributed by atoms with Gasteiger partial charge >= 0.3 is 0 Å². The van der Waals surface area contributed by atoms with Crippen molar-refractivity contribution >= 4 is 58.8 Å². The molecule has 2 amide bonds. The van der Waals surface area contributed by atoms with E-state index in [1.54, 1.807) is 60.0 Å². The summed E-state index contributed by atoms with van der Waals surface area (Å²) in [5.74, 6) is 3.97. The number of piperidine rings is 2. The second-order valence-corrected chi connectivity index (χ2v) is 16.5. The molecule has 0 aliphatic carbocycles. The number of imidazole rings is 2. The van der Waals surface area contributed by atoms with E-state index in [1.165, 1.54) is 0 Å². The van der Waals surface area contributed by atoms with E-state index in [1.807, 2.05) is 34.6 Å². The number of aryl methyl sites for hydroxylation is 2. The van der Waals surface area contributed by atoms with E-state index in [0.717, 1.165) is 74.6 Å². The lowest BCUT2D eigenvalue weighted by Gasteiger charge is -2.31. The van der Waals surface area contributed by atoms with Crippen molar-refractivity contribution in [1.82, 2.24) is 60.4 Å². The zero-order valence-corrected chi connectivity index (χ0v) is 37.8. The number of ether oxygens (including phenoxy) is 2. The number of nitrogens with one attached hydrogen (secondary N) is 4. The lowest BCUT2D eigenvalue weighted by atomic mass is 9.93. The SMILES string of the molecule is CCC(=O)Nc1nc(C2CCN(c3nnnn3-c3cc(Cl)ccc3OC)CC2)c(C)[nH]1.COc1ccc(Cl)cc1-n1nnnc1N1CCC(c2nc(NC(=O)C(C)C)[nH]c2C)CC1. The molecule has 6 aromatic rings. The Labute approximate surface area is 374 Å². The van der Waals surface area contributed by atoms with E-state index in [-0.39, 0.29) is 23.7 Å². The van der Waals surface area contributed by atoms with Crippen molar-refractivity contribution in [3.63, 3.8) is 0 Å². The number of aromatic nitrogens is 12. The number of H-pyrrole nitrogens is 2. The maximum atomic E-state index is 12.0. The van der Waals surface area contributed by atoms with E-state index >= 15 is 0 Å². The van der Waals surface area contributed by atoms with Crippen molar-refractivity contribution in [2.24, 2.45) is 5.92 Å². The zero-order valence-electron chi connectivity index (χ0n) is 36.3. The number of carbonyl (C=O) groups excluding carboxylic acids is 2. The second kappa shape index (κ2) is 19.8. The van der Waals surface area contributed by atoms with E-state index in [0.29, 0.717) is 69.1 Å². The summed E-state index contributed by atoms with van der Waals surface area (Å²) in [5, 5.41) is 31.4. The fourth-order valence-electron chi connectivity index (χ4n) is 7.78. The van der Waals surface area contributed by atoms with Crippen LogP contribution >= 0.6 is 23.2 Å². The summed E-state index contributed by atoms with van der Waals surface area (Å²) in [6, 6.07) is 10.7. The summed E-state index contributed by atoms with van der Waals surface area (Å²) in [6.45, 7) is 12.6. The van der Waals surface area contributed by atoms with Gasteiger partial charge in [-0.2, -0.15) is 9.36 Å². The van der Waals surface area contributed by atoms with Crippen LogP contribution in [0.4, 0.5) is 23.8 Å². The smallest absolute Gasteiger partial charge is 0.250 e. The molecule has 2 fully saturated rings. The number of tetrazole rings is 2. The first kappa shape index (κ1) is 44.8. The van der Waals surface area contributed by atoms with E-state index in [9.17, 15) is 9.59 Å². The molecule has 2 saturated heterocycles. The largest absolute Gasteiger partial charge is 0.494 e. The Morgan fingerprint density at radius 1 is 0.730 bits per heavy atom. The number of amides is 2. The third-order valence-electron chi connectivity index (χ3n) is 11.2. The fraction of sp³-hybridized carbons (Fsp3) is 0.463. The standard InChI is InChI=1S/C21H27ClN8O2.C20H25ClN8O2/c1-12(2)19(31)25-20-23-13(3)18(24-20)14-7-9-29(10-8-14)21-26-27-28-30(21)16-11-15(22)5-6-17(16)32-4;1-4-17(30)23-19-22-12(2)18(24-19)13-7-9-28(10-8-13)20-25-26-27-29(20)15-11-14(21)5-6-16(15)31-3/h5-6,11-12,14H,7-10H2,1-4H3,(H2,23,24,25,31);5-6,11,13H,4,7-10H2,1-3H3,(H2,22,23,24,30). The molecule has 20 nitrogen and oxygen atoms in total. The van der Waals surface area contributed by atoms with Crippen LogP contribution < -0.4 is 29.9 Å². The van der Waals surface area contributed by atoms with Gasteiger partial charge in [0.1, 0.15) is 22.9 Å². The molecule has 0 unspecified atom stereocenters. The van der Waals surface area contributed by atoms with Gasteiger partial charge in [0, 0.05) is 71.8 Å². The van der Waals surface area contributed by atoms with Gasteiger partial charge in [-0.05, 0) is 96.8 Å². The van der Waals surface area contributed by atoms with Crippen LogP contribution in [-0.4, -0.2) is 113 Å². The number of anilines is 4. The number of aromatic amines is 2. The number of rotatable bonds is 12. The maximum Gasteiger partial charge on any atom is 0.250 e. The van der Waals surface area contributed by atoms with Gasteiger partial charge in [-0.25, -0.2) is 9.97 Å². The van der Waals surface area contributed by atoms with E-state index < -0.39 is 0 Å². The third-order valence-corrected chi connectivity index (χ3v) is 11.6. The number of carbonyl (C=O) groups is 2. The molecule has 0 atom stereocenters. The second-order valence-electron chi connectivity index (χ2n) is 15.7. The minimum absolute atomic E-state index is 0.0524. The van der Waals surface area contributed by atoms with Crippen molar-refractivity contribution < 1.29 is 19.1 Å². The number of nitrogens with zero attached hydrogens (tertiary/aromatic N) is 12. The molecule has 2 aromatic carbocycles. The molecule has 0 radical (unpaired) electrons. The Bertz CT molecular complexity index is 2520. The molecule has 334 valence electrons. The van der Waals surface area contributed by atoms with Crippen molar-refractivity contribution in [2.75, 3.05) is 60.8 Å². The molecule has 2 aliphatic rings. The fourth-order valence-corrected chi connectivity index (χ4v) is 8.11. The summed E-state index contributed by atoms with van der Waals surface area (Å²) in [5.41, 5.74) is 5.35. The molecule has 8 rings (SSSR count). The monoisotopic (exact) mass is 902 g/mol. The van der Waals surface area contributed by atoms with Gasteiger partial charge in [0.15, 0.2) is 0 Å². The van der Waals surface area contributed by atoms with Gasteiger partial charge in [0.05, 0.1) is 25.6 Å². The van der Waals surface area contributed by atoms with Crippen LogP contribution in [0.5, 0.6) is 11.5 Å². The van der Waals surface area contributed by atoms with Crippen LogP contribution in [-0.2, 0) is 9.59 Å². The predicted octanol–water partition coefficient (Wildman–Crippen LogP) is 6.42. The highest BCUT2D eigenvalue weighted by Crippen LogP contribution is 2.35. The molecule has 4 aromatic heterocycles. The quantitative estimate of drug-likeness (QED) is 0.104. The Morgan fingerprint density at radius 2 is 1.16 bits per heavy atom. The highest BCUT2D eigenvalue weighted by Gasteiger charge is 2.30. The van der Waals surface area contributed by atoms with Crippen LogP contribution in [0, 0.1) is 19.8 Å². The molecule has 0 bridgehead atoms. The molecular formula is C41H52Cl2N16O4. The number of methoxy groups -OCH3 is 2. The van der Waals surface area contributed by atoms with Crippen LogP contribution in [0.15, 0.2) is 36.4 Å². The van der Waals surface area contributed by atoms with Crippen molar-refractivity contribution in [3.8, 4) is 22.9 Å². The van der Waals surface area contributed by atoms with E-state index in [4.69, 9.17) is 32.7 Å². The van der Waals surface area contributed by atoms with Gasteiger partial charge in [-0.1, -0.05) is 54.2 Å². The molecule has 2 aliphatic heterocycles. The number of halogens is 2. The number of benzene rings is 2. The molecule has 6 heterocycles. The highest BCUT2D eigenvalue weighted by atomic mass is 35.5. The first-order chi connectivity index (χ1) is 30.4.